The van der Waals surface area contributed by atoms with Crippen molar-refractivity contribution in [3.8, 4) is 0 Å². The number of nitrogens with zero attached hydrogens (tertiary/aromatic N) is 1. The van der Waals surface area contributed by atoms with Crippen LogP contribution >= 0.6 is 0 Å². The zero-order chi connectivity index (χ0) is 13.4. The number of carbonyl (C=O) groups excluding carboxylic acids is 1. The third-order valence-corrected chi connectivity index (χ3v) is 3.41. The van der Waals surface area contributed by atoms with Gasteiger partial charge < -0.3 is 19.7 Å². The zero-order valence-corrected chi connectivity index (χ0v) is 11.8. The quantitative estimate of drug-likeness (QED) is 0.722. The SMILES string of the molecule is COCCN(C(=O)[C@H]1CCCNC1)C(C)COC. The molecule has 0 aliphatic carbocycles. The molecule has 1 N–H and O–H groups in total. The van der Waals surface area contributed by atoms with Crippen molar-refractivity contribution in [2.75, 3.05) is 47.1 Å². The minimum absolute atomic E-state index is 0.0968. The van der Waals surface area contributed by atoms with E-state index in [4.69, 9.17) is 9.47 Å². The lowest BCUT2D eigenvalue weighted by Gasteiger charge is -2.33. The summed E-state index contributed by atoms with van der Waals surface area (Å²) in [4.78, 5) is 14.4. The molecule has 18 heavy (non-hydrogen) atoms. The van der Waals surface area contributed by atoms with Crippen molar-refractivity contribution in [3.63, 3.8) is 0 Å². The number of amides is 1. The second kappa shape index (κ2) is 8.45. The van der Waals surface area contributed by atoms with Gasteiger partial charge in [-0.25, -0.2) is 0 Å². The predicted octanol–water partition coefficient (Wildman–Crippen LogP) is 0.496. The molecular formula is C13H26N2O3. The van der Waals surface area contributed by atoms with Gasteiger partial charge in [-0.15, -0.1) is 0 Å². The molecule has 0 radical (unpaired) electrons. The van der Waals surface area contributed by atoms with Crippen molar-refractivity contribution in [1.29, 1.82) is 0 Å². The molecule has 1 heterocycles. The first-order valence-electron chi connectivity index (χ1n) is 6.69. The van der Waals surface area contributed by atoms with Gasteiger partial charge in [0, 0.05) is 27.3 Å². The molecule has 0 aromatic carbocycles. The molecule has 1 saturated heterocycles. The van der Waals surface area contributed by atoms with Crippen LogP contribution in [0.25, 0.3) is 0 Å². The molecule has 0 spiro atoms. The lowest BCUT2D eigenvalue weighted by molar-refractivity contribution is -0.140. The van der Waals surface area contributed by atoms with E-state index in [1.54, 1.807) is 14.2 Å². The number of piperidine rings is 1. The van der Waals surface area contributed by atoms with E-state index in [1.165, 1.54) is 0 Å². The molecular weight excluding hydrogens is 232 g/mol. The monoisotopic (exact) mass is 258 g/mol. The molecule has 0 bridgehead atoms. The molecule has 1 amide bonds. The van der Waals surface area contributed by atoms with Gasteiger partial charge in [-0.05, 0) is 26.3 Å². The molecule has 1 aliphatic rings. The van der Waals surface area contributed by atoms with Gasteiger partial charge in [-0.2, -0.15) is 0 Å². The molecule has 1 fully saturated rings. The highest BCUT2D eigenvalue weighted by atomic mass is 16.5. The fourth-order valence-corrected chi connectivity index (χ4v) is 2.37. The van der Waals surface area contributed by atoms with E-state index in [0.717, 1.165) is 25.9 Å². The highest BCUT2D eigenvalue weighted by molar-refractivity contribution is 5.79. The smallest absolute Gasteiger partial charge is 0.227 e. The van der Waals surface area contributed by atoms with Gasteiger partial charge in [0.2, 0.25) is 5.91 Å². The van der Waals surface area contributed by atoms with E-state index >= 15 is 0 Å². The van der Waals surface area contributed by atoms with Crippen molar-refractivity contribution in [2.24, 2.45) is 5.92 Å². The van der Waals surface area contributed by atoms with E-state index < -0.39 is 0 Å². The van der Waals surface area contributed by atoms with Crippen LogP contribution in [0.5, 0.6) is 0 Å². The Morgan fingerprint density at radius 2 is 2.22 bits per heavy atom. The van der Waals surface area contributed by atoms with Crippen molar-refractivity contribution in [3.05, 3.63) is 0 Å². The number of ether oxygens (including phenoxy) is 2. The van der Waals surface area contributed by atoms with Crippen LogP contribution in [0.3, 0.4) is 0 Å². The molecule has 5 heteroatoms. The lowest BCUT2D eigenvalue weighted by Crippen LogP contribution is -2.49. The summed E-state index contributed by atoms with van der Waals surface area (Å²) < 4.78 is 10.2. The number of methoxy groups -OCH3 is 2. The van der Waals surface area contributed by atoms with E-state index in [9.17, 15) is 4.79 Å². The van der Waals surface area contributed by atoms with Gasteiger partial charge >= 0.3 is 0 Å². The summed E-state index contributed by atoms with van der Waals surface area (Å²) in [6, 6.07) is 0.0968. The fraction of sp³-hybridized carbons (Fsp3) is 0.923. The molecule has 0 aromatic rings. The molecule has 5 nitrogen and oxygen atoms in total. The van der Waals surface area contributed by atoms with Gasteiger partial charge in [0.25, 0.3) is 0 Å². The van der Waals surface area contributed by atoms with Gasteiger partial charge in [-0.3, -0.25) is 4.79 Å². The lowest BCUT2D eigenvalue weighted by atomic mass is 9.97. The molecule has 0 aromatic heterocycles. The predicted molar refractivity (Wildman–Crippen MR) is 70.5 cm³/mol. The van der Waals surface area contributed by atoms with Crippen LogP contribution in [-0.2, 0) is 14.3 Å². The van der Waals surface area contributed by atoms with Gasteiger partial charge in [0.1, 0.15) is 0 Å². The maximum atomic E-state index is 12.5. The molecule has 1 unspecified atom stereocenters. The molecule has 0 saturated carbocycles. The Morgan fingerprint density at radius 1 is 1.44 bits per heavy atom. The summed E-state index contributed by atoms with van der Waals surface area (Å²) >= 11 is 0. The van der Waals surface area contributed by atoms with Gasteiger partial charge in [0.05, 0.1) is 25.2 Å². The molecule has 2 atom stereocenters. The van der Waals surface area contributed by atoms with Crippen LogP contribution in [0.1, 0.15) is 19.8 Å². The first-order valence-corrected chi connectivity index (χ1v) is 6.69. The number of nitrogens with one attached hydrogen (secondary N) is 1. The maximum absolute atomic E-state index is 12.5. The second-order valence-corrected chi connectivity index (χ2v) is 4.87. The van der Waals surface area contributed by atoms with Crippen molar-refractivity contribution >= 4 is 5.91 Å². The van der Waals surface area contributed by atoms with Gasteiger partial charge in [0.15, 0.2) is 0 Å². The first-order chi connectivity index (χ1) is 8.70. The van der Waals surface area contributed by atoms with E-state index in [0.29, 0.717) is 19.8 Å². The number of carbonyl (C=O) groups is 1. The first kappa shape index (κ1) is 15.4. The second-order valence-electron chi connectivity index (χ2n) is 4.87. The van der Waals surface area contributed by atoms with Crippen LogP contribution in [0, 0.1) is 5.92 Å². The number of hydrogen-bond donors (Lipinski definition) is 1. The minimum Gasteiger partial charge on any atom is -0.383 e. The average molecular weight is 258 g/mol. The largest absolute Gasteiger partial charge is 0.383 e. The Bertz CT molecular complexity index is 242. The summed E-state index contributed by atoms with van der Waals surface area (Å²) in [5.74, 6) is 0.332. The normalized spacial score (nSPS) is 21.6. The van der Waals surface area contributed by atoms with E-state index in [1.807, 2.05) is 11.8 Å². The third kappa shape index (κ3) is 4.55. The Morgan fingerprint density at radius 3 is 2.78 bits per heavy atom. The summed E-state index contributed by atoms with van der Waals surface area (Å²) in [5.41, 5.74) is 0. The maximum Gasteiger partial charge on any atom is 0.227 e. The van der Waals surface area contributed by atoms with Crippen molar-refractivity contribution in [1.82, 2.24) is 10.2 Å². The Labute approximate surface area is 110 Å². The van der Waals surface area contributed by atoms with Crippen LogP contribution in [0.4, 0.5) is 0 Å². The Kier molecular flexibility index (Phi) is 7.23. The van der Waals surface area contributed by atoms with Crippen LogP contribution in [0.15, 0.2) is 0 Å². The summed E-state index contributed by atoms with van der Waals surface area (Å²) in [5, 5.41) is 3.29. The standard InChI is InChI=1S/C13H26N2O3/c1-11(10-18-3)15(7-8-17-2)13(16)12-5-4-6-14-9-12/h11-12,14H,4-10H2,1-3H3/t11?,12-/m0/s1. The summed E-state index contributed by atoms with van der Waals surface area (Å²) in [6.07, 6.45) is 2.06. The number of hydrogen-bond acceptors (Lipinski definition) is 4. The van der Waals surface area contributed by atoms with E-state index in [2.05, 4.69) is 5.32 Å². The van der Waals surface area contributed by atoms with Crippen molar-refractivity contribution < 1.29 is 14.3 Å². The third-order valence-electron chi connectivity index (χ3n) is 3.41. The molecule has 106 valence electrons. The zero-order valence-electron chi connectivity index (χ0n) is 11.8. The van der Waals surface area contributed by atoms with Gasteiger partial charge in [-0.1, -0.05) is 0 Å². The minimum atomic E-state index is 0.0968. The number of rotatable bonds is 7. The highest BCUT2D eigenvalue weighted by Gasteiger charge is 2.28. The van der Waals surface area contributed by atoms with Crippen LogP contribution in [-0.4, -0.2) is 63.9 Å². The molecule has 1 rings (SSSR count). The molecule has 1 aliphatic heterocycles. The average Bonchev–Trinajstić information content (AvgIpc) is 2.40. The Balaban J connectivity index is 2.58. The van der Waals surface area contributed by atoms with E-state index in [-0.39, 0.29) is 17.9 Å². The highest BCUT2D eigenvalue weighted by Crippen LogP contribution is 2.15. The topological polar surface area (TPSA) is 50.8 Å². The fourth-order valence-electron chi connectivity index (χ4n) is 2.37. The van der Waals surface area contributed by atoms with Crippen LogP contribution < -0.4 is 5.32 Å². The van der Waals surface area contributed by atoms with Crippen molar-refractivity contribution in [2.45, 2.75) is 25.8 Å². The Hall–Kier alpha value is -0.650. The van der Waals surface area contributed by atoms with Crippen LogP contribution in [0.2, 0.25) is 0 Å². The summed E-state index contributed by atoms with van der Waals surface area (Å²) in [6.45, 7) is 5.61. The summed E-state index contributed by atoms with van der Waals surface area (Å²) in [7, 11) is 3.32.